The van der Waals surface area contributed by atoms with Gasteiger partial charge >= 0.3 is 5.97 Å². The molecule has 0 heterocycles. The highest BCUT2D eigenvalue weighted by molar-refractivity contribution is 14.1. The number of aliphatic hydroxyl groups excluding tert-OH is 1. The molecule has 0 aliphatic heterocycles. The third-order valence-corrected chi connectivity index (χ3v) is 3.03. The Morgan fingerprint density at radius 3 is 2.47 bits per heavy atom. The molecule has 0 atom stereocenters. The van der Waals surface area contributed by atoms with Crippen molar-refractivity contribution in [2.24, 2.45) is 0 Å². The van der Waals surface area contributed by atoms with Crippen LogP contribution in [-0.2, 0) is 16.1 Å². The van der Waals surface area contributed by atoms with E-state index >= 15 is 0 Å². The molecule has 0 unspecified atom stereocenters. The van der Waals surface area contributed by atoms with Crippen molar-refractivity contribution < 1.29 is 19.4 Å². The zero-order valence-corrected chi connectivity index (χ0v) is 13.8. The Kier molecular flexibility index (Phi) is 5.61. The second kappa shape index (κ2) is 6.56. The highest BCUT2D eigenvalue weighted by atomic mass is 127. The molecule has 1 aromatic rings. The van der Waals surface area contributed by atoms with Gasteiger partial charge in [0.25, 0.3) is 0 Å². The van der Waals surface area contributed by atoms with Crippen molar-refractivity contribution in [2.75, 3.05) is 6.61 Å². The molecule has 1 N–H and O–H groups in total. The number of benzene rings is 1. The summed E-state index contributed by atoms with van der Waals surface area (Å²) >= 11 is 2.12. The van der Waals surface area contributed by atoms with Gasteiger partial charge in [-0.15, -0.1) is 0 Å². The molecule has 0 bridgehead atoms. The molecular weight excluding hydrogens is 359 g/mol. The Hall–Kier alpha value is -0.820. The van der Waals surface area contributed by atoms with Crippen LogP contribution in [-0.4, -0.2) is 23.3 Å². The van der Waals surface area contributed by atoms with Crippen molar-refractivity contribution in [1.29, 1.82) is 0 Å². The number of carbonyl (C=O) groups is 1. The Morgan fingerprint density at radius 1 is 1.37 bits per heavy atom. The zero-order valence-electron chi connectivity index (χ0n) is 11.6. The molecule has 0 spiro atoms. The molecule has 5 heteroatoms. The van der Waals surface area contributed by atoms with Gasteiger partial charge in [-0.25, -0.2) is 4.79 Å². The van der Waals surface area contributed by atoms with Crippen LogP contribution in [0.4, 0.5) is 0 Å². The van der Waals surface area contributed by atoms with E-state index in [1.807, 2.05) is 39.8 Å². The van der Waals surface area contributed by atoms with E-state index in [0.29, 0.717) is 5.75 Å². The topological polar surface area (TPSA) is 55.8 Å². The predicted octanol–water partition coefficient (Wildman–Crippen LogP) is 2.81. The van der Waals surface area contributed by atoms with E-state index in [4.69, 9.17) is 14.6 Å². The van der Waals surface area contributed by atoms with E-state index in [-0.39, 0.29) is 13.2 Å². The lowest BCUT2D eigenvalue weighted by molar-refractivity contribution is -0.157. The van der Waals surface area contributed by atoms with E-state index < -0.39 is 11.6 Å². The van der Waals surface area contributed by atoms with Gasteiger partial charge in [0.1, 0.15) is 11.4 Å². The minimum absolute atomic E-state index is 0.0107. The van der Waals surface area contributed by atoms with Crippen LogP contribution in [0.15, 0.2) is 12.1 Å². The Balaban J connectivity index is 2.71. The van der Waals surface area contributed by atoms with E-state index in [9.17, 15) is 4.79 Å². The fourth-order valence-electron chi connectivity index (χ4n) is 1.58. The molecule has 0 saturated carbocycles. The van der Waals surface area contributed by atoms with Gasteiger partial charge in [-0.05, 0) is 67.5 Å². The summed E-state index contributed by atoms with van der Waals surface area (Å²) in [7, 11) is 0. The molecule has 0 aliphatic carbocycles. The third-order valence-electron chi connectivity index (χ3n) is 2.23. The minimum Gasteiger partial charge on any atom is -0.481 e. The van der Waals surface area contributed by atoms with Gasteiger partial charge in [-0.1, -0.05) is 6.07 Å². The van der Waals surface area contributed by atoms with Crippen LogP contribution in [0.5, 0.6) is 5.75 Å². The second-order valence-corrected chi connectivity index (χ2v) is 6.42. The van der Waals surface area contributed by atoms with Gasteiger partial charge in [0.2, 0.25) is 0 Å². The lowest BCUT2D eigenvalue weighted by Crippen LogP contribution is -2.27. The Labute approximate surface area is 127 Å². The van der Waals surface area contributed by atoms with Crippen LogP contribution >= 0.6 is 22.6 Å². The standard InChI is InChI=1S/C14H19IO4/c1-9-5-10(7-16)6-11(15)13(9)18-8-12(17)19-14(2,3)4/h5-6,16H,7-8H2,1-4H3. The average Bonchev–Trinajstić information content (AvgIpc) is 2.25. The molecule has 1 aromatic carbocycles. The van der Waals surface area contributed by atoms with Crippen molar-refractivity contribution >= 4 is 28.6 Å². The highest BCUT2D eigenvalue weighted by Crippen LogP contribution is 2.27. The maximum atomic E-state index is 11.6. The second-order valence-electron chi connectivity index (χ2n) is 5.26. The quantitative estimate of drug-likeness (QED) is 0.647. The number of halogens is 1. The fourth-order valence-corrected chi connectivity index (χ4v) is 2.56. The van der Waals surface area contributed by atoms with Crippen LogP contribution in [0.25, 0.3) is 0 Å². The van der Waals surface area contributed by atoms with Crippen LogP contribution in [0.2, 0.25) is 0 Å². The van der Waals surface area contributed by atoms with E-state index in [0.717, 1.165) is 14.7 Å². The van der Waals surface area contributed by atoms with Gasteiger partial charge in [0.05, 0.1) is 10.2 Å². The first-order valence-electron chi connectivity index (χ1n) is 5.97. The highest BCUT2D eigenvalue weighted by Gasteiger charge is 2.17. The summed E-state index contributed by atoms with van der Waals surface area (Å²) in [4.78, 5) is 11.6. The number of hydrogen-bond donors (Lipinski definition) is 1. The number of ether oxygens (including phenoxy) is 2. The van der Waals surface area contributed by atoms with Gasteiger partial charge in [-0.3, -0.25) is 0 Å². The van der Waals surface area contributed by atoms with Crippen molar-refractivity contribution in [1.82, 2.24) is 0 Å². The Morgan fingerprint density at radius 2 is 2.00 bits per heavy atom. The van der Waals surface area contributed by atoms with E-state index in [1.54, 1.807) is 0 Å². The normalized spacial score (nSPS) is 11.3. The smallest absolute Gasteiger partial charge is 0.344 e. The summed E-state index contributed by atoms with van der Waals surface area (Å²) in [5.74, 6) is 0.262. The molecule has 4 nitrogen and oxygen atoms in total. The maximum absolute atomic E-state index is 11.6. The lowest BCUT2D eigenvalue weighted by Gasteiger charge is -2.20. The first kappa shape index (κ1) is 16.2. The van der Waals surface area contributed by atoms with Crippen LogP contribution in [0.3, 0.4) is 0 Å². The lowest BCUT2D eigenvalue weighted by atomic mass is 10.1. The monoisotopic (exact) mass is 378 g/mol. The summed E-state index contributed by atoms with van der Waals surface area (Å²) in [6, 6.07) is 3.67. The summed E-state index contributed by atoms with van der Waals surface area (Å²) in [6.45, 7) is 7.20. The zero-order chi connectivity index (χ0) is 14.6. The summed E-state index contributed by atoms with van der Waals surface area (Å²) < 4.78 is 11.6. The number of hydrogen-bond acceptors (Lipinski definition) is 4. The first-order valence-corrected chi connectivity index (χ1v) is 7.05. The summed E-state index contributed by atoms with van der Waals surface area (Å²) in [6.07, 6.45) is 0. The van der Waals surface area contributed by atoms with E-state index in [1.165, 1.54) is 0 Å². The molecule has 0 fully saturated rings. The fraction of sp³-hybridized carbons (Fsp3) is 0.500. The number of carbonyl (C=O) groups excluding carboxylic acids is 1. The molecule has 19 heavy (non-hydrogen) atoms. The SMILES string of the molecule is Cc1cc(CO)cc(I)c1OCC(=O)OC(C)(C)C. The molecule has 1 rings (SSSR count). The average molecular weight is 378 g/mol. The van der Waals surface area contributed by atoms with Crippen molar-refractivity contribution in [2.45, 2.75) is 39.9 Å². The molecular formula is C14H19IO4. The number of aryl methyl sites for hydroxylation is 1. The van der Waals surface area contributed by atoms with Gasteiger partial charge in [-0.2, -0.15) is 0 Å². The molecule has 0 aliphatic rings. The summed E-state index contributed by atoms with van der Waals surface area (Å²) in [5.41, 5.74) is 1.20. The number of esters is 1. The van der Waals surface area contributed by atoms with Crippen LogP contribution in [0, 0.1) is 10.5 Å². The summed E-state index contributed by atoms with van der Waals surface area (Å²) in [5, 5.41) is 9.10. The maximum Gasteiger partial charge on any atom is 0.344 e. The third kappa shape index (κ3) is 5.36. The van der Waals surface area contributed by atoms with Crippen LogP contribution < -0.4 is 4.74 Å². The predicted molar refractivity (Wildman–Crippen MR) is 81.2 cm³/mol. The van der Waals surface area contributed by atoms with Crippen molar-refractivity contribution in [3.8, 4) is 5.75 Å². The molecule has 106 valence electrons. The minimum atomic E-state index is -0.511. The number of rotatable bonds is 4. The molecule has 0 radical (unpaired) electrons. The van der Waals surface area contributed by atoms with Crippen molar-refractivity contribution in [3.05, 3.63) is 26.8 Å². The van der Waals surface area contributed by atoms with Crippen LogP contribution in [0.1, 0.15) is 31.9 Å². The van der Waals surface area contributed by atoms with E-state index in [2.05, 4.69) is 22.6 Å². The number of aliphatic hydroxyl groups is 1. The van der Waals surface area contributed by atoms with Gasteiger partial charge in [0.15, 0.2) is 6.61 Å². The molecule has 0 saturated heterocycles. The van der Waals surface area contributed by atoms with Crippen molar-refractivity contribution in [3.63, 3.8) is 0 Å². The molecule has 0 amide bonds. The largest absolute Gasteiger partial charge is 0.481 e. The molecule has 0 aromatic heterocycles. The first-order chi connectivity index (χ1) is 8.73. The van der Waals surface area contributed by atoms with Gasteiger partial charge < -0.3 is 14.6 Å². The Bertz CT molecular complexity index is 440. The van der Waals surface area contributed by atoms with Gasteiger partial charge in [0, 0.05) is 0 Å².